The number of amides is 1. The number of rotatable bonds is 7. The first kappa shape index (κ1) is 17.7. The van der Waals surface area contributed by atoms with E-state index in [1.807, 2.05) is 61.6 Å². The Hall–Kier alpha value is -3.08. The largest absolute Gasteiger partial charge is 0.497 e. The fourth-order valence-electron chi connectivity index (χ4n) is 2.66. The van der Waals surface area contributed by atoms with Crippen molar-refractivity contribution in [2.24, 2.45) is 0 Å². The number of oxazole rings is 1. The fraction of sp³-hybridized carbons (Fsp3) is 0.238. The summed E-state index contributed by atoms with van der Waals surface area (Å²) in [5.41, 5.74) is 2.04. The van der Waals surface area contributed by atoms with Gasteiger partial charge in [0.05, 0.1) is 13.3 Å². The average Bonchev–Trinajstić information content (AvgIpc) is 3.16. The van der Waals surface area contributed by atoms with Gasteiger partial charge in [0, 0.05) is 32.0 Å². The van der Waals surface area contributed by atoms with Gasteiger partial charge in [-0.15, -0.1) is 0 Å². The molecule has 0 atom stereocenters. The van der Waals surface area contributed by atoms with Crippen LogP contribution in [-0.2, 0) is 17.8 Å². The molecule has 2 aromatic carbocycles. The maximum absolute atomic E-state index is 12.3. The normalized spacial score (nSPS) is 10.5. The molecule has 0 bridgehead atoms. The molecule has 5 nitrogen and oxygen atoms in total. The van der Waals surface area contributed by atoms with E-state index < -0.39 is 0 Å². The molecule has 0 fully saturated rings. The highest BCUT2D eigenvalue weighted by Crippen LogP contribution is 2.23. The average molecular weight is 350 g/mol. The van der Waals surface area contributed by atoms with E-state index in [0.29, 0.717) is 31.0 Å². The second kappa shape index (κ2) is 8.34. The van der Waals surface area contributed by atoms with Crippen molar-refractivity contribution in [3.05, 3.63) is 72.2 Å². The highest BCUT2D eigenvalue weighted by Gasteiger charge is 2.12. The topological polar surface area (TPSA) is 55.6 Å². The minimum absolute atomic E-state index is 0.0676. The number of nitrogens with zero attached hydrogens (tertiary/aromatic N) is 2. The second-order valence-electron chi connectivity index (χ2n) is 6.08. The summed E-state index contributed by atoms with van der Waals surface area (Å²) in [7, 11) is 3.45. The first-order valence-electron chi connectivity index (χ1n) is 8.52. The van der Waals surface area contributed by atoms with Crippen LogP contribution in [0.3, 0.4) is 0 Å². The number of benzene rings is 2. The van der Waals surface area contributed by atoms with Gasteiger partial charge in [0.1, 0.15) is 5.75 Å². The van der Waals surface area contributed by atoms with Gasteiger partial charge in [0.25, 0.3) is 0 Å². The maximum atomic E-state index is 12.3. The van der Waals surface area contributed by atoms with Gasteiger partial charge in [-0.1, -0.05) is 30.3 Å². The lowest BCUT2D eigenvalue weighted by atomic mass is 10.2. The second-order valence-corrected chi connectivity index (χ2v) is 6.08. The van der Waals surface area contributed by atoms with Crippen LogP contribution in [0.15, 0.2) is 65.2 Å². The van der Waals surface area contributed by atoms with E-state index in [4.69, 9.17) is 9.15 Å². The molecule has 3 aromatic rings. The Labute approximate surface area is 153 Å². The van der Waals surface area contributed by atoms with E-state index in [1.54, 1.807) is 18.2 Å². The number of carbonyl (C=O) groups excluding carboxylic acids is 1. The van der Waals surface area contributed by atoms with Crippen LogP contribution in [0.5, 0.6) is 5.75 Å². The Bertz CT molecular complexity index is 841. The summed E-state index contributed by atoms with van der Waals surface area (Å²) in [5.74, 6) is 2.11. The van der Waals surface area contributed by atoms with Crippen molar-refractivity contribution in [2.45, 2.75) is 19.4 Å². The third-order valence-corrected chi connectivity index (χ3v) is 4.17. The molecular weight excluding hydrogens is 328 g/mol. The van der Waals surface area contributed by atoms with Crippen LogP contribution in [0.4, 0.5) is 0 Å². The van der Waals surface area contributed by atoms with Gasteiger partial charge < -0.3 is 14.1 Å². The number of aromatic nitrogens is 1. The Morgan fingerprint density at radius 1 is 1.12 bits per heavy atom. The number of ether oxygens (including phenoxy) is 1. The van der Waals surface area contributed by atoms with Crippen LogP contribution in [-0.4, -0.2) is 29.9 Å². The fourth-order valence-corrected chi connectivity index (χ4v) is 2.66. The van der Waals surface area contributed by atoms with Crippen molar-refractivity contribution >= 4 is 5.91 Å². The van der Waals surface area contributed by atoms with Crippen molar-refractivity contribution in [3.8, 4) is 17.1 Å². The molecule has 0 saturated heterocycles. The quantitative estimate of drug-likeness (QED) is 0.648. The van der Waals surface area contributed by atoms with Crippen LogP contribution in [0.25, 0.3) is 11.3 Å². The van der Waals surface area contributed by atoms with Crippen molar-refractivity contribution in [2.75, 3.05) is 14.2 Å². The molecule has 26 heavy (non-hydrogen) atoms. The lowest BCUT2D eigenvalue weighted by molar-refractivity contribution is -0.130. The van der Waals surface area contributed by atoms with Crippen molar-refractivity contribution in [1.82, 2.24) is 9.88 Å². The summed E-state index contributed by atoms with van der Waals surface area (Å²) in [6.07, 6.45) is 2.54. The number of hydrogen-bond acceptors (Lipinski definition) is 4. The molecule has 0 radical (unpaired) electrons. The summed E-state index contributed by atoms with van der Waals surface area (Å²) >= 11 is 0. The summed E-state index contributed by atoms with van der Waals surface area (Å²) in [4.78, 5) is 18.3. The number of hydrogen-bond donors (Lipinski definition) is 0. The smallest absolute Gasteiger partial charge is 0.223 e. The molecule has 3 rings (SSSR count). The number of methoxy groups -OCH3 is 1. The standard InChI is InChI=1S/C21H22N2O3/c1-23(15-16-6-4-3-5-7-16)21(24)13-12-20-22-14-19(26-20)17-8-10-18(25-2)11-9-17/h3-11,14H,12-13,15H2,1-2H3. The molecule has 0 aliphatic heterocycles. The zero-order valence-corrected chi connectivity index (χ0v) is 15.0. The zero-order valence-electron chi connectivity index (χ0n) is 15.0. The molecule has 0 spiro atoms. The number of aryl methyl sites for hydroxylation is 1. The molecule has 0 aliphatic carbocycles. The molecule has 0 N–H and O–H groups in total. The Kier molecular flexibility index (Phi) is 5.69. The lowest BCUT2D eigenvalue weighted by Crippen LogP contribution is -2.26. The van der Waals surface area contributed by atoms with Crippen LogP contribution in [0.1, 0.15) is 17.9 Å². The van der Waals surface area contributed by atoms with E-state index in [-0.39, 0.29) is 5.91 Å². The van der Waals surface area contributed by atoms with E-state index in [2.05, 4.69) is 4.98 Å². The molecule has 1 aromatic heterocycles. The first-order valence-corrected chi connectivity index (χ1v) is 8.52. The SMILES string of the molecule is COc1ccc(-c2cnc(CCC(=O)N(C)Cc3ccccc3)o2)cc1. The van der Waals surface area contributed by atoms with Gasteiger partial charge in [-0.3, -0.25) is 4.79 Å². The summed E-state index contributed by atoms with van der Waals surface area (Å²) in [6.45, 7) is 0.600. The van der Waals surface area contributed by atoms with Gasteiger partial charge >= 0.3 is 0 Å². The molecular formula is C21H22N2O3. The van der Waals surface area contributed by atoms with E-state index in [0.717, 1.165) is 16.9 Å². The predicted molar refractivity (Wildman–Crippen MR) is 99.7 cm³/mol. The molecule has 1 amide bonds. The van der Waals surface area contributed by atoms with Gasteiger partial charge in [-0.2, -0.15) is 0 Å². The van der Waals surface area contributed by atoms with Gasteiger partial charge in [0.15, 0.2) is 11.7 Å². The van der Waals surface area contributed by atoms with Gasteiger partial charge in [0.2, 0.25) is 5.91 Å². The minimum Gasteiger partial charge on any atom is -0.497 e. The highest BCUT2D eigenvalue weighted by atomic mass is 16.5. The Balaban J connectivity index is 1.54. The molecule has 0 aliphatic rings. The Morgan fingerprint density at radius 3 is 2.54 bits per heavy atom. The first-order chi connectivity index (χ1) is 12.7. The molecule has 0 unspecified atom stereocenters. The summed E-state index contributed by atoms with van der Waals surface area (Å²) < 4.78 is 10.9. The molecule has 5 heteroatoms. The van der Waals surface area contributed by atoms with E-state index in [1.165, 1.54) is 0 Å². The van der Waals surface area contributed by atoms with Gasteiger partial charge in [-0.05, 0) is 29.8 Å². The van der Waals surface area contributed by atoms with Gasteiger partial charge in [-0.25, -0.2) is 4.98 Å². The third-order valence-electron chi connectivity index (χ3n) is 4.17. The predicted octanol–water partition coefficient (Wildman–Crippen LogP) is 3.94. The minimum atomic E-state index is 0.0676. The zero-order chi connectivity index (χ0) is 18.4. The maximum Gasteiger partial charge on any atom is 0.223 e. The summed E-state index contributed by atoms with van der Waals surface area (Å²) in [5, 5.41) is 0. The molecule has 0 saturated carbocycles. The van der Waals surface area contributed by atoms with Crippen molar-refractivity contribution in [3.63, 3.8) is 0 Å². The number of carbonyl (C=O) groups is 1. The summed E-state index contributed by atoms with van der Waals surface area (Å²) in [6, 6.07) is 17.5. The third kappa shape index (κ3) is 4.51. The van der Waals surface area contributed by atoms with Crippen LogP contribution < -0.4 is 4.74 Å². The molecule has 1 heterocycles. The Morgan fingerprint density at radius 2 is 1.85 bits per heavy atom. The highest BCUT2D eigenvalue weighted by molar-refractivity contribution is 5.76. The van der Waals surface area contributed by atoms with Crippen LogP contribution in [0.2, 0.25) is 0 Å². The van der Waals surface area contributed by atoms with Crippen LogP contribution >= 0.6 is 0 Å². The van der Waals surface area contributed by atoms with Crippen LogP contribution in [0, 0.1) is 0 Å². The lowest BCUT2D eigenvalue weighted by Gasteiger charge is -2.16. The monoisotopic (exact) mass is 350 g/mol. The van der Waals surface area contributed by atoms with Crippen molar-refractivity contribution < 1.29 is 13.9 Å². The van der Waals surface area contributed by atoms with E-state index in [9.17, 15) is 4.79 Å². The van der Waals surface area contributed by atoms with Crippen molar-refractivity contribution in [1.29, 1.82) is 0 Å². The molecule has 134 valence electrons. The van der Waals surface area contributed by atoms with E-state index >= 15 is 0 Å².